The molecule has 0 aliphatic carbocycles. The molecule has 154 valence electrons. The van der Waals surface area contributed by atoms with Crippen molar-refractivity contribution >= 4 is 39.9 Å². The Labute approximate surface area is 180 Å². The summed E-state index contributed by atoms with van der Waals surface area (Å²) in [6.07, 6.45) is 4.12. The van der Waals surface area contributed by atoms with Crippen molar-refractivity contribution in [2.75, 3.05) is 12.4 Å². The zero-order chi connectivity index (χ0) is 21.3. The van der Waals surface area contributed by atoms with Gasteiger partial charge in [-0.25, -0.2) is 4.98 Å². The van der Waals surface area contributed by atoms with Crippen molar-refractivity contribution < 1.29 is 14.3 Å². The van der Waals surface area contributed by atoms with Gasteiger partial charge in [-0.05, 0) is 25.5 Å². The normalized spacial score (nSPS) is 15.7. The van der Waals surface area contributed by atoms with E-state index >= 15 is 0 Å². The van der Waals surface area contributed by atoms with Crippen LogP contribution in [0.15, 0.2) is 24.5 Å². The average Bonchev–Trinajstić information content (AvgIpc) is 3.36. The zero-order valence-corrected chi connectivity index (χ0v) is 17.7. The molecule has 3 aromatic rings. The average molecular weight is 445 g/mol. The van der Waals surface area contributed by atoms with Gasteiger partial charge in [-0.1, -0.05) is 22.9 Å². The van der Waals surface area contributed by atoms with Crippen molar-refractivity contribution in [3.63, 3.8) is 0 Å². The highest BCUT2D eigenvalue weighted by molar-refractivity contribution is 7.15. The lowest BCUT2D eigenvalue weighted by Gasteiger charge is -2.13. The smallest absolute Gasteiger partial charge is 0.259 e. The number of ether oxygens (including phenoxy) is 1. The fraction of sp³-hybridized carbons (Fsp3) is 0.263. The Hall–Kier alpha value is -3.11. The Morgan fingerprint density at radius 2 is 2.10 bits per heavy atom. The van der Waals surface area contributed by atoms with Crippen molar-refractivity contribution in [3.8, 4) is 16.9 Å². The third-order valence-corrected chi connectivity index (χ3v) is 5.74. The number of aromatic nitrogens is 4. The number of nitrogens with one attached hydrogen (secondary N) is 2. The number of hydrogen-bond donors (Lipinski definition) is 2. The van der Waals surface area contributed by atoms with E-state index in [1.807, 2.05) is 6.92 Å². The van der Waals surface area contributed by atoms with Crippen molar-refractivity contribution in [3.05, 3.63) is 45.9 Å². The summed E-state index contributed by atoms with van der Waals surface area (Å²) in [6.45, 7) is 1.83. The lowest BCUT2D eigenvalue weighted by molar-refractivity contribution is -0.119. The Bertz CT molecular complexity index is 1140. The highest BCUT2D eigenvalue weighted by atomic mass is 35.5. The van der Waals surface area contributed by atoms with Crippen LogP contribution in [0.25, 0.3) is 11.1 Å². The molecule has 2 amide bonds. The minimum absolute atomic E-state index is 0.0129. The number of carbonyl (C=O) groups is 2. The summed E-state index contributed by atoms with van der Waals surface area (Å²) >= 11 is 7.30. The largest absolute Gasteiger partial charge is 0.494 e. The first kappa shape index (κ1) is 20.2. The number of hydrogen-bond acceptors (Lipinski definition) is 8. The molecule has 1 aliphatic rings. The summed E-state index contributed by atoms with van der Waals surface area (Å²) in [5.41, 5.74) is 2.28. The molecule has 9 nitrogen and oxygen atoms in total. The zero-order valence-electron chi connectivity index (χ0n) is 16.1. The maximum absolute atomic E-state index is 13.0. The number of aryl methyl sites for hydroxylation is 1. The van der Waals surface area contributed by atoms with Crippen molar-refractivity contribution in [2.45, 2.75) is 25.8 Å². The van der Waals surface area contributed by atoms with Gasteiger partial charge in [0.2, 0.25) is 11.0 Å². The third-order valence-electron chi connectivity index (χ3n) is 4.58. The molecule has 0 radical (unpaired) electrons. The number of rotatable bonds is 5. The van der Waals surface area contributed by atoms with Crippen LogP contribution in [0.5, 0.6) is 5.75 Å². The Balaban J connectivity index is 1.64. The van der Waals surface area contributed by atoms with Gasteiger partial charge in [0.25, 0.3) is 5.91 Å². The molecule has 1 aliphatic heterocycles. The van der Waals surface area contributed by atoms with Crippen LogP contribution in [-0.2, 0) is 4.79 Å². The first-order chi connectivity index (χ1) is 14.4. The number of nitrogens with zero attached hydrogens (tertiary/aromatic N) is 4. The van der Waals surface area contributed by atoms with E-state index in [2.05, 4.69) is 30.8 Å². The lowest BCUT2D eigenvalue weighted by atomic mass is 10.0. The fourth-order valence-electron chi connectivity index (χ4n) is 3.14. The van der Waals surface area contributed by atoms with Crippen molar-refractivity contribution in [1.82, 2.24) is 25.5 Å². The van der Waals surface area contributed by atoms with Gasteiger partial charge in [0.1, 0.15) is 15.9 Å². The summed E-state index contributed by atoms with van der Waals surface area (Å²) in [4.78, 5) is 32.7. The Morgan fingerprint density at radius 1 is 1.27 bits per heavy atom. The highest BCUT2D eigenvalue weighted by Crippen LogP contribution is 2.34. The molecule has 0 bridgehead atoms. The molecule has 4 heterocycles. The van der Waals surface area contributed by atoms with Crippen LogP contribution in [0.2, 0.25) is 5.15 Å². The van der Waals surface area contributed by atoms with Gasteiger partial charge in [0.15, 0.2) is 0 Å². The second-order valence-electron chi connectivity index (χ2n) is 6.64. The molecule has 1 fully saturated rings. The molecule has 0 aromatic carbocycles. The van der Waals surface area contributed by atoms with Crippen LogP contribution < -0.4 is 15.4 Å². The van der Waals surface area contributed by atoms with E-state index in [-0.39, 0.29) is 17.1 Å². The summed E-state index contributed by atoms with van der Waals surface area (Å²) in [5, 5.41) is 15.0. The van der Waals surface area contributed by atoms with Crippen LogP contribution in [0.1, 0.15) is 39.9 Å². The maximum atomic E-state index is 13.0. The predicted molar refractivity (Wildman–Crippen MR) is 112 cm³/mol. The standard InChI is InChI=1S/C19H17ClN6O3S/c1-9-5-10(11-6-15(20)22-8-14(11)29-2)12(7-21-9)17(28)24-19-26-25-18(30-19)13-3-4-16(27)23-13/h5-8,13H,3-4H2,1-2H3,(H,23,27)(H,24,26,28)/t13-/m1/s1. The van der Waals surface area contributed by atoms with Crippen LogP contribution in [0, 0.1) is 6.92 Å². The van der Waals surface area contributed by atoms with Gasteiger partial charge in [-0.15, -0.1) is 10.2 Å². The monoisotopic (exact) mass is 444 g/mol. The van der Waals surface area contributed by atoms with Crippen LogP contribution in [0.4, 0.5) is 5.13 Å². The molecule has 30 heavy (non-hydrogen) atoms. The number of methoxy groups -OCH3 is 1. The van der Waals surface area contributed by atoms with Crippen LogP contribution in [-0.4, -0.2) is 39.1 Å². The summed E-state index contributed by atoms with van der Waals surface area (Å²) in [7, 11) is 1.52. The summed E-state index contributed by atoms with van der Waals surface area (Å²) in [5.74, 6) is 0.0704. The Kier molecular flexibility index (Phi) is 5.60. The minimum atomic E-state index is -0.398. The lowest BCUT2D eigenvalue weighted by Crippen LogP contribution is -2.18. The topological polar surface area (TPSA) is 119 Å². The predicted octanol–water partition coefficient (Wildman–Crippen LogP) is 3.17. The van der Waals surface area contributed by atoms with Gasteiger partial charge >= 0.3 is 0 Å². The van der Waals surface area contributed by atoms with Crippen molar-refractivity contribution in [1.29, 1.82) is 0 Å². The van der Waals surface area contributed by atoms with Gasteiger partial charge in [0, 0.05) is 29.4 Å². The molecule has 0 saturated carbocycles. The molecule has 0 spiro atoms. The van der Waals surface area contributed by atoms with E-state index in [1.54, 1.807) is 12.1 Å². The van der Waals surface area contributed by atoms with Gasteiger partial charge < -0.3 is 10.1 Å². The fourth-order valence-corrected chi connectivity index (χ4v) is 4.13. The van der Waals surface area contributed by atoms with Gasteiger partial charge in [-0.3, -0.25) is 19.9 Å². The van der Waals surface area contributed by atoms with E-state index in [4.69, 9.17) is 16.3 Å². The number of halogens is 1. The first-order valence-corrected chi connectivity index (χ1v) is 10.2. The SMILES string of the molecule is COc1cnc(Cl)cc1-c1cc(C)ncc1C(=O)Nc1nnc([C@H]2CCC(=O)N2)s1. The number of anilines is 1. The third kappa shape index (κ3) is 4.10. The van der Waals surface area contributed by atoms with Gasteiger partial charge in [-0.2, -0.15) is 0 Å². The molecule has 3 aromatic heterocycles. The molecule has 11 heteroatoms. The summed E-state index contributed by atoms with van der Waals surface area (Å²) < 4.78 is 5.39. The van der Waals surface area contributed by atoms with Crippen molar-refractivity contribution in [2.24, 2.45) is 0 Å². The second-order valence-corrected chi connectivity index (χ2v) is 8.03. The molecule has 1 saturated heterocycles. The second kappa shape index (κ2) is 8.33. The summed E-state index contributed by atoms with van der Waals surface area (Å²) in [6, 6.07) is 3.25. The maximum Gasteiger partial charge on any atom is 0.259 e. The number of carbonyl (C=O) groups excluding carboxylic acids is 2. The molecule has 1 atom stereocenters. The number of amides is 2. The van der Waals surface area contributed by atoms with E-state index in [1.165, 1.54) is 30.8 Å². The van der Waals surface area contributed by atoms with E-state index < -0.39 is 5.91 Å². The highest BCUT2D eigenvalue weighted by Gasteiger charge is 2.26. The molecule has 4 rings (SSSR count). The Morgan fingerprint density at radius 3 is 2.83 bits per heavy atom. The molecule has 2 N–H and O–H groups in total. The molecular formula is C19H17ClN6O3S. The van der Waals surface area contributed by atoms with E-state index in [0.717, 1.165) is 5.69 Å². The van der Waals surface area contributed by atoms with Crippen LogP contribution in [0.3, 0.4) is 0 Å². The minimum Gasteiger partial charge on any atom is -0.494 e. The quantitative estimate of drug-likeness (QED) is 0.580. The molecular weight excluding hydrogens is 428 g/mol. The first-order valence-electron chi connectivity index (χ1n) is 9.05. The van der Waals surface area contributed by atoms with E-state index in [9.17, 15) is 9.59 Å². The number of pyridine rings is 2. The molecule has 0 unspecified atom stereocenters. The van der Waals surface area contributed by atoms with E-state index in [0.29, 0.717) is 45.4 Å². The van der Waals surface area contributed by atoms with Gasteiger partial charge in [0.05, 0.1) is 24.9 Å². The van der Waals surface area contributed by atoms with Crippen LogP contribution >= 0.6 is 22.9 Å².